The van der Waals surface area contributed by atoms with Crippen molar-refractivity contribution in [3.8, 4) is 11.5 Å². The van der Waals surface area contributed by atoms with Crippen LogP contribution in [0.3, 0.4) is 0 Å². The molecule has 0 radical (unpaired) electrons. The maximum absolute atomic E-state index is 12.1. The van der Waals surface area contributed by atoms with Gasteiger partial charge >= 0.3 is 0 Å². The molecule has 2 N–H and O–H groups in total. The fourth-order valence-corrected chi connectivity index (χ4v) is 2.39. The summed E-state index contributed by atoms with van der Waals surface area (Å²) in [5.74, 6) is 0.489. The van der Waals surface area contributed by atoms with Crippen LogP contribution in [0.2, 0.25) is 0 Å². The maximum Gasteiger partial charge on any atom is 0.244 e. The molecule has 5 nitrogen and oxygen atoms in total. The number of nitrogens with one attached hydrogen (secondary N) is 1. The van der Waals surface area contributed by atoms with Gasteiger partial charge in [0.15, 0.2) is 0 Å². The normalized spacial score (nSPS) is 11.2. The van der Waals surface area contributed by atoms with Crippen molar-refractivity contribution in [3.63, 3.8) is 0 Å². The molecule has 5 heteroatoms. The van der Waals surface area contributed by atoms with Gasteiger partial charge in [-0.15, -0.1) is 0 Å². The summed E-state index contributed by atoms with van der Waals surface area (Å²) in [7, 11) is 1.55. The quantitative estimate of drug-likeness (QED) is 0.655. The van der Waals surface area contributed by atoms with Gasteiger partial charge in [0.1, 0.15) is 11.5 Å². The highest BCUT2D eigenvalue weighted by Gasteiger charge is 2.09. The van der Waals surface area contributed by atoms with E-state index in [0.29, 0.717) is 17.0 Å². The molecule has 0 saturated carbocycles. The Morgan fingerprint density at radius 3 is 2.62 bits per heavy atom. The van der Waals surface area contributed by atoms with Crippen LogP contribution in [0.4, 0.5) is 0 Å². The van der Waals surface area contributed by atoms with Crippen LogP contribution in [0.25, 0.3) is 0 Å². The second kappa shape index (κ2) is 7.64. The van der Waals surface area contributed by atoms with E-state index in [4.69, 9.17) is 4.74 Å². The molecule has 2 aromatic carbocycles. The van der Waals surface area contributed by atoms with Crippen LogP contribution in [-0.4, -0.2) is 23.8 Å². The van der Waals surface area contributed by atoms with Crippen LogP contribution in [0.5, 0.6) is 11.5 Å². The van der Waals surface area contributed by atoms with Gasteiger partial charge in [-0.2, -0.15) is 5.10 Å². The van der Waals surface area contributed by atoms with Gasteiger partial charge in [0.05, 0.1) is 19.2 Å². The average molecular weight is 326 g/mol. The van der Waals surface area contributed by atoms with E-state index in [1.165, 1.54) is 11.6 Å². The van der Waals surface area contributed by atoms with E-state index in [0.717, 1.165) is 11.1 Å². The number of hydrogen-bond donors (Lipinski definition) is 2. The molecule has 2 rings (SSSR count). The number of hydrazone groups is 1. The average Bonchev–Trinajstić information content (AvgIpc) is 2.55. The number of phenols is 1. The summed E-state index contributed by atoms with van der Waals surface area (Å²) >= 11 is 0. The minimum absolute atomic E-state index is 0.0840. The van der Waals surface area contributed by atoms with Gasteiger partial charge in [0, 0.05) is 5.56 Å². The summed E-state index contributed by atoms with van der Waals surface area (Å²) in [6.07, 6.45) is 0.257. The van der Waals surface area contributed by atoms with Crippen LogP contribution in [0.1, 0.15) is 29.2 Å². The second-order valence-corrected chi connectivity index (χ2v) is 5.72. The van der Waals surface area contributed by atoms with Crippen molar-refractivity contribution < 1.29 is 14.6 Å². The van der Waals surface area contributed by atoms with Crippen molar-refractivity contribution >= 4 is 11.6 Å². The highest BCUT2D eigenvalue weighted by molar-refractivity contribution is 6.01. The van der Waals surface area contributed by atoms with E-state index in [1.807, 2.05) is 32.0 Å². The van der Waals surface area contributed by atoms with Crippen molar-refractivity contribution in [1.29, 1.82) is 0 Å². The minimum atomic E-state index is -0.205. The number of aryl methyl sites for hydroxylation is 2. The van der Waals surface area contributed by atoms with E-state index in [2.05, 4.69) is 10.5 Å². The first-order valence-electron chi connectivity index (χ1n) is 7.67. The Morgan fingerprint density at radius 2 is 1.96 bits per heavy atom. The Labute approximate surface area is 142 Å². The third-order valence-electron chi connectivity index (χ3n) is 3.79. The predicted octanol–water partition coefficient (Wildman–Crippen LogP) is 3.10. The first kappa shape index (κ1) is 17.5. The van der Waals surface area contributed by atoms with Gasteiger partial charge in [-0.3, -0.25) is 4.79 Å². The van der Waals surface area contributed by atoms with Crippen LogP contribution in [-0.2, 0) is 11.2 Å². The van der Waals surface area contributed by atoms with Crippen LogP contribution < -0.4 is 10.2 Å². The standard InChI is InChI=1S/C19H22N2O3/c1-12-5-6-15(13(2)9-12)10-19(23)21-20-14(3)17-11-16(24-4)7-8-18(17)22/h5-9,11,22H,10H2,1-4H3,(H,21,23)/b20-14-. The number of amides is 1. The molecule has 0 spiro atoms. The van der Waals surface area contributed by atoms with Gasteiger partial charge in [-0.1, -0.05) is 23.8 Å². The van der Waals surface area contributed by atoms with Crippen molar-refractivity contribution in [2.75, 3.05) is 7.11 Å². The molecule has 2 aromatic rings. The van der Waals surface area contributed by atoms with E-state index >= 15 is 0 Å². The SMILES string of the molecule is COc1ccc(O)c(/C(C)=N\NC(=O)Cc2ccc(C)cc2C)c1. The lowest BCUT2D eigenvalue weighted by atomic mass is 10.0. The Morgan fingerprint density at radius 1 is 1.21 bits per heavy atom. The van der Waals surface area contributed by atoms with Gasteiger partial charge in [0.25, 0.3) is 0 Å². The van der Waals surface area contributed by atoms with E-state index in [9.17, 15) is 9.90 Å². The third-order valence-corrected chi connectivity index (χ3v) is 3.79. The maximum atomic E-state index is 12.1. The van der Waals surface area contributed by atoms with Crippen molar-refractivity contribution in [3.05, 3.63) is 58.7 Å². The molecule has 1 amide bonds. The number of rotatable bonds is 5. The largest absolute Gasteiger partial charge is 0.507 e. The number of ether oxygens (including phenoxy) is 1. The zero-order valence-electron chi connectivity index (χ0n) is 14.4. The number of carbonyl (C=O) groups is 1. The Kier molecular flexibility index (Phi) is 5.58. The van der Waals surface area contributed by atoms with Crippen molar-refractivity contribution in [2.24, 2.45) is 5.10 Å². The zero-order valence-corrected chi connectivity index (χ0v) is 14.4. The minimum Gasteiger partial charge on any atom is -0.507 e. The van der Waals surface area contributed by atoms with Crippen molar-refractivity contribution in [1.82, 2.24) is 5.43 Å². The number of nitrogens with zero attached hydrogens (tertiary/aromatic N) is 1. The topological polar surface area (TPSA) is 70.9 Å². The number of carbonyl (C=O) groups excluding carboxylic acids is 1. The first-order valence-corrected chi connectivity index (χ1v) is 7.67. The van der Waals surface area contributed by atoms with Gasteiger partial charge in [-0.25, -0.2) is 5.43 Å². The fourth-order valence-electron chi connectivity index (χ4n) is 2.39. The molecular formula is C19H22N2O3. The molecule has 0 aliphatic rings. The molecular weight excluding hydrogens is 304 g/mol. The summed E-state index contributed by atoms with van der Waals surface area (Å²) in [6.45, 7) is 5.72. The monoisotopic (exact) mass is 326 g/mol. The summed E-state index contributed by atoms with van der Waals surface area (Å²) in [4.78, 5) is 12.1. The third kappa shape index (κ3) is 4.35. The highest BCUT2D eigenvalue weighted by Crippen LogP contribution is 2.23. The molecule has 0 fully saturated rings. The Bertz CT molecular complexity index is 782. The van der Waals surface area contributed by atoms with E-state index < -0.39 is 0 Å². The van der Waals surface area contributed by atoms with Gasteiger partial charge < -0.3 is 9.84 Å². The smallest absolute Gasteiger partial charge is 0.244 e. The fraction of sp³-hybridized carbons (Fsp3) is 0.263. The second-order valence-electron chi connectivity index (χ2n) is 5.72. The predicted molar refractivity (Wildman–Crippen MR) is 94.6 cm³/mol. The summed E-state index contributed by atoms with van der Waals surface area (Å²) in [5.41, 5.74) is 6.76. The summed E-state index contributed by atoms with van der Waals surface area (Å²) in [6, 6.07) is 10.8. The first-order chi connectivity index (χ1) is 11.4. The lowest BCUT2D eigenvalue weighted by molar-refractivity contribution is -0.120. The molecule has 0 atom stereocenters. The molecule has 24 heavy (non-hydrogen) atoms. The van der Waals surface area contributed by atoms with Crippen molar-refractivity contribution in [2.45, 2.75) is 27.2 Å². The van der Waals surface area contributed by atoms with Gasteiger partial charge in [-0.05, 0) is 50.1 Å². The molecule has 0 heterocycles. The van der Waals surface area contributed by atoms with E-state index in [-0.39, 0.29) is 18.1 Å². The van der Waals surface area contributed by atoms with Crippen LogP contribution in [0.15, 0.2) is 41.5 Å². The number of benzene rings is 2. The Hall–Kier alpha value is -2.82. The molecule has 0 saturated heterocycles. The van der Waals surface area contributed by atoms with Crippen LogP contribution >= 0.6 is 0 Å². The molecule has 126 valence electrons. The summed E-state index contributed by atoms with van der Waals surface area (Å²) in [5, 5.41) is 14.0. The van der Waals surface area contributed by atoms with Gasteiger partial charge in [0.2, 0.25) is 5.91 Å². The molecule has 0 unspecified atom stereocenters. The highest BCUT2D eigenvalue weighted by atomic mass is 16.5. The lowest BCUT2D eigenvalue weighted by Gasteiger charge is -2.08. The van der Waals surface area contributed by atoms with E-state index in [1.54, 1.807) is 26.2 Å². The lowest BCUT2D eigenvalue weighted by Crippen LogP contribution is -2.21. The number of phenolic OH excluding ortho intramolecular Hbond substituents is 1. The molecule has 0 aliphatic carbocycles. The molecule has 0 aliphatic heterocycles. The zero-order chi connectivity index (χ0) is 17.7. The summed E-state index contributed by atoms with van der Waals surface area (Å²) < 4.78 is 5.13. The van der Waals surface area contributed by atoms with Crippen LogP contribution in [0, 0.1) is 13.8 Å². The number of hydrogen-bond acceptors (Lipinski definition) is 4. The number of methoxy groups -OCH3 is 1. The number of aromatic hydroxyl groups is 1. The molecule has 0 aromatic heterocycles. The Balaban J connectivity index is 2.08. The molecule has 0 bridgehead atoms.